The Morgan fingerprint density at radius 3 is 2.55 bits per heavy atom. The second kappa shape index (κ2) is 7.07. The third-order valence-electron chi connectivity index (χ3n) is 3.75. The predicted octanol–water partition coefficient (Wildman–Crippen LogP) is 2.23. The molecule has 1 aromatic rings. The van der Waals surface area contributed by atoms with Crippen LogP contribution in [0.1, 0.15) is 32.1 Å². The molecule has 120 valence electrons. The van der Waals surface area contributed by atoms with Gasteiger partial charge >= 0.3 is 11.8 Å². The molecule has 0 saturated heterocycles. The average molecular weight is 329 g/mol. The van der Waals surface area contributed by atoms with Gasteiger partial charge < -0.3 is 15.7 Å². The van der Waals surface area contributed by atoms with E-state index in [-0.39, 0.29) is 17.3 Å². The fourth-order valence-corrected chi connectivity index (χ4v) is 2.70. The maximum Gasteiger partial charge on any atom is 0.313 e. The smallest absolute Gasteiger partial charge is 0.313 e. The molecule has 1 aliphatic rings. The van der Waals surface area contributed by atoms with Gasteiger partial charge in [0.1, 0.15) is 5.82 Å². The first kappa shape index (κ1) is 16.7. The molecular formula is C15H18ClFN2O3. The van der Waals surface area contributed by atoms with Crippen LogP contribution in [0, 0.1) is 5.82 Å². The lowest BCUT2D eigenvalue weighted by Crippen LogP contribution is -2.47. The van der Waals surface area contributed by atoms with Gasteiger partial charge in [0, 0.05) is 6.54 Å². The van der Waals surface area contributed by atoms with E-state index in [1.54, 1.807) is 0 Å². The van der Waals surface area contributed by atoms with E-state index in [9.17, 15) is 19.1 Å². The molecule has 5 nitrogen and oxygen atoms in total. The highest BCUT2D eigenvalue weighted by Crippen LogP contribution is 2.27. The van der Waals surface area contributed by atoms with Gasteiger partial charge in [0.05, 0.1) is 16.3 Å². The highest BCUT2D eigenvalue weighted by molar-refractivity contribution is 6.41. The fraction of sp³-hybridized carbons (Fsp3) is 0.467. The topological polar surface area (TPSA) is 78.4 Å². The number of nitrogens with one attached hydrogen (secondary N) is 2. The summed E-state index contributed by atoms with van der Waals surface area (Å²) < 4.78 is 12.9. The maximum atomic E-state index is 12.9. The summed E-state index contributed by atoms with van der Waals surface area (Å²) in [6.07, 6.45) is 4.10. The van der Waals surface area contributed by atoms with Crippen LogP contribution >= 0.6 is 11.6 Å². The Labute approximate surface area is 132 Å². The molecule has 3 N–H and O–H groups in total. The van der Waals surface area contributed by atoms with Crippen LogP contribution in [0.4, 0.5) is 10.1 Å². The third kappa shape index (κ3) is 4.42. The van der Waals surface area contributed by atoms with Gasteiger partial charge in [-0.25, -0.2) is 4.39 Å². The molecule has 1 fully saturated rings. The van der Waals surface area contributed by atoms with E-state index in [0.717, 1.165) is 31.4 Å². The summed E-state index contributed by atoms with van der Waals surface area (Å²) in [4.78, 5) is 23.5. The molecule has 0 radical (unpaired) electrons. The standard InChI is InChI=1S/C15H18ClFN2O3/c16-11-8-10(17)4-5-12(11)19-14(21)13(20)18-9-15(22)6-2-1-3-7-15/h4-5,8,22H,1-3,6-7,9H2,(H,18,20)(H,19,21). The van der Waals surface area contributed by atoms with Crippen LogP contribution in [0.15, 0.2) is 18.2 Å². The number of carbonyl (C=O) groups excluding carboxylic acids is 2. The number of aliphatic hydroxyl groups is 1. The van der Waals surface area contributed by atoms with E-state index in [1.165, 1.54) is 6.07 Å². The van der Waals surface area contributed by atoms with Crippen molar-refractivity contribution in [1.82, 2.24) is 5.32 Å². The third-order valence-corrected chi connectivity index (χ3v) is 4.06. The zero-order chi connectivity index (χ0) is 16.2. The Balaban J connectivity index is 1.88. The minimum absolute atomic E-state index is 0.00654. The molecule has 22 heavy (non-hydrogen) atoms. The lowest BCUT2D eigenvalue weighted by Gasteiger charge is -2.31. The fourth-order valence-electron chi connectivity index (χ4n) is 2.48. The molecule has 2 rings (SSSR count). The highest BCUT2D eigenvalue weighted by atomic mass is 35.5. The molecule has 0 unspecified atom stereocenters. The zero-order valence-corrected chi connectivity index (χ0v) is 12.8. The molecular weight excluding hydrogens is 311 g/mol. The number of benzene rings is 1. The van der Waals surface area contributed by atoms with E-state index in [2.05, 4.69) is 10.6 Å². The Bertz CT molecular complexity index is 574. The molecule has 0 aromatic heterocycles. The van der Waals surface area contributed by atoms with Crippen molar-refractivity contribution in [2.45, 2.75) is 37.7 Å². The summed E-state index contributed by atoms with van der Waals surface area (Å²) in [5.41, 5.74) is -0.790. The number of hydrogen-bond donors (Lipinski definition) is 3. The number of rotatable bonds is 3. The molecule has 1 aromatic carbocycles. The minimum atomic E-state index is -0.943. The number of carbonyl (C=O) groups is 2. The number of anilines is 1. The van der Waals surface area contributed by atoms with Crippen LogP contribution in [-0.4, -0.2) is 29.1 Å². The SMILES string of the molecule is O=C(NCC1(O)CCCCC1)C(=O)Nc1ccc(F)cc1Cl. The largest absolute Gasteiger partial charge is 0.388 e. The minimum Gasteiger partial charge on any atom is -0.388 e. The summed E-state index contributed by atoms with van der Waals surface area (Å²) >= 11 is 5.77. The molecule has 0 bridgehead atoms. The van der Waals surface area contributed by atoms with Gasteiger partial charge in [0.15, 0.2) is 0 Å². The van der Waals surface area contributed by atoms with Crippen LogP contribution in [-0.2, 0) is 9.59 Å². The molecule has 0 heterocycles. The van der Waals surface area contributed by atoms with Gasteiger partial charge in [-0.2, -0.15) is 0 Å². The van der Waals surface area contributed by atoms with E-state index in [1.807, 2.05) is 0 Å². The van der Waals surface area contributed by atoms with Crippen molar-refractivity contribution in [3.8, 4) is 0 Å². The summed E-state index contributed by atoms with van der Waals surface area (Å²) in [5, 5.41) is 15.0. The quantitative estimate of drug-likeness (QED) is 0.744. The monoisotopic (exact) mass is 328 g/mol. The average Bonchev–Trinajstić information content (AvgIpc) is 2.48. The lowest BCUT2D eigenvalue weighted by atomic mass is 9.85. The van der Waals surface area contributed by atoms with Crippen molar-refractivity contribution >= 4 is 29.1 Å². The summed E-state index contributed by atoms with van der Waals surface area (Å²) in [6.45, 7) is 0.0381. The molecule has 1 aliphatic carbocycles. The number of halogens is 2. The highest BCUT2D eigenvalue weighted by Gasteiger charge is 2.30. The van der Waals surface area contributed by atoms with Gasteiger partial charge in [-0.3, -0.25) is 9.59 Å². The van der Waals surface area contributed by atoms with E-state index in [4.69, 9.17) is 11.6 Å². The van der Waals surface area contributed by atoms with Crippen molar-refractivity contribution < 1.29 is 19.1 Å². The van der Waals surface area contributed by atoms with Crippen molar-refractivity contribution in [2.75, 3.05) is 11.9 Å². The van der Waals surface area contributed by atoms with Crippen molar-refractivity contribution in [3.05, 3.63) is 29.0 Å². The molecule has 1 saturated carbocycles. The van der Waals surface area contributed by atoms with Gasteiger partial charge in [-0.05, 0) is 31.0 Å². The van der Waals surface area contributed by atoms with Crippen molar-refractivity contribution in [1.29, 1.82) is 0 Å². The molecule has 0 aliphatic heterocycles. The van der Waals surface area contributed by atoms with Crippen LogP contribution in [0.2, 0.25) is 5.02 Å². The second-order valence-electron chi connectivity index (χ2n) is 5.55. The van der Waals surface area contributed by atoms with Crippen LogP contribution in [0.3, 0.4) is 0 Å². The molecule has 2 amide bonds. The van der Waals surface area contributed by atoms with Gasteiger partial charge in [-0.15, -0.1) is 0 Å². The normalized spacial score (nSPS) is 16.9. The zero-order valence-electron chi connectivity index (χ0n) is 12.0. The molecule has 0 atom stereocenters. The Morgan fingerprint density at radius 2 is 1.91 bits per heavy atom. The molecule has 0 spiro atoms. The van der Waals surface area contributed by atoms with E-state index < -0.39 is 23.2 Å². The summed E-state index contributed by atoms with van der Waals surface area (Å²) in [7, 11) is 0. The van der Waals surface area contributed by atoms with Gasteiger partial charge in [0.2, 0.25) is 0 Å². The second-order valence-corrected chi connectivity index (χ2v) is 5.95. The Morgan fingerprint density at radius 1 is 1.23 bits per heavy atom. The maximum absolute atomic E-state index is 12.9. The van der Waals surface area contributed by atoms with Crippen LogP contribution in [0.25, 0.3) is 0 Å². The number of amides is 2. The first-order valence-corrected chi connectivity index (χ1v) is 7.54. The van der Waals surface area contributed by atoms with Crippen LogP contribution in [0.5, 0.6) is 0 Å². The summed E-state index contributed by atoms with van der Waals surface area (Å²) in [6, 6.07) is 3.45. The molecule has 7 heteroatoms. The first-order chi connectivity index (χ1) is 10.4. The number of hydrogen-bond acceptors (Lipinski definition) is 3. The van der Waals surface area contributed by atoms with E-state index in [0.29, 0.717) is 12.8 Å². The van der Waals surface area contributed by atoms with Gasteiger partial charge in [0.25, 0.3) is 0 Å². The Hall–Kier alpha value is -1.66. The predicted molar refractivity (Wildman–Crippen MR) is 81.1 cm³/mol. The van der Waals surface area contributed by atoms with Crippen molar-refractivity contribution in [3.63, 3.8) is 0 Å². The first-order valence-electron chi connectivity index (χ1n) is 7.16. The van der Waals surface area contributed by atoms with E-state index >= 15 is 0 Å². The van der Waals surface area contributed by atoms with Gasteiger partial charge in [-0.1, -0.05) is 30.9 Å². The van der Waals surface area contributed by atoms with Crippen molar-refractivity contribution in [2.24, 2.45) is 0 Å². The summed E-state index contributed by atoms with van der Waals surface area (Å²) in [5.74, 6) is -2.31. The Kier molecular flexibility index (Phi) is 5.37. The van der Waals surface area contributed by atoms with Crippen LogP contribution < -0.4 is 10.6 Å². The lowest BCUT2D eigenvalue weighted by molar-refractivity contribution is -0.137.